The van der Waals surface area contributed by atoms with Crippen molar-refractivity contribution >= 4 is 22.4 Å². The van der Waals surface area contributed by atoms with E-state index >= 15 is 0 Å². The second-order valence-electron chi connectivity index (χ2n) is 5.64. The van der Waals surface area contributed by atoms with Crippen LogP contribution in [-0.2, 0) is 6.54 Å². The Balaban J connectivity index is 1.84. The van der Waals surface area contributed by atoms with Crippen LogP contribution in [0.1, 0.15) is 5.56 Å². The van der Waals surface area contributed by atoms with Crippen LogP contribution in [-0.4, -0.2) is 31.2 Å². The van der Waals surface area contributed by atoms with Crippen molar-refractivity contribution in [3.8, 4) is 5.75 Å². The molecule has 0 aliphatic rings. The van der Waals surface area contributed by atoms with Gasteiger partial charge in [-0.3, -0.25) is 0 Å². The van der Waals surface area contributed by atoms with Gasteiger partial charge in [-0.15, -0.1) is 0 Å². The molecule has 3 aromatic rings. The predicted molar refractivity (Wildman–Crippen MR) is 94.1 cm³/mol. The molecule has 0 aliphatic heterocycles. The number of rotatable bonds is 5. The van der Waals surface area contributed by atoms with Gasteiger partial charge in [0, 0.05) is 37.8 Å². The Morgan fingerprint density at radius 1 is 1.12 bits per heavy atom. The second-order valence-corrected chi connectivity index (χ2v) is 5.64. The third kappa shape index (κ3) is 3.22. The molecule has 0 radical (unpaired) electrons. The largest absolute Gasteiger partial charge is 0.494 e. The SMILES string of the molecule is COc1cc2c(NCc3ccc(N(C)C)cc3)ncnc2cc1F. The normalized spacial score (nSPS) is 10.7. The first kappa shape index (κ1) is 16.0. The third-order valence-corrected chi connectivity index (χ3v) is 3.82. The summed E-state index contributed by atoms with van der Waals surface area (Å²) in [5.41, 5.74) is 2.81. The zero-order valence-corrected chi connectivity index (χ0v) is 13.9. The van der Waals surface area contributed by atoms with Gasteiger partial charge in [0.2, 0.25) is 0 Å². The van der Waals surface area contributed by atoms with Crippen molar-refractivity contribution < 1.29 is 9.13 Å². The van der Waals surface area contributed by atoms with Crippen molar-refractivity contribution in [2.45, 2.75) is 6.54 Å². The van der Waals surface area contributed by atoms with Gasteiger partial charge in [0.05, 0.1) is 12.6 Å². The van der Waals surface area contributed by atoms with Crippen LogP contribution in [0.15, 0.2) is 42.7 Å². The lowest BCUT2D eigenvalue weighted by atomic mass is 10.2. The minimum atomic E-state index is -0.436. The predicted octanol–water partition coefficient (Wildman–Crippen LogP) is 3.46. The molecule has 24 heavy (non-hydrogen) atoms. The van der Waals surface area contributed by atoms with Crippen LogP contribution in [0.5, 0.6) is 5.75 Å². The maximum absolute atomic E-state index is 13.8. The smallest absolute Gasteiger partial charge is 0.167 e. The fourth-order valence-electron chi connectivity index (χ4n) is 2.45. The van der Waals surface area contributed by atoms with Crippen LogP contribution < -0.4 is 15.0 Å². The van der Waals surface area contributed by atoms with Crippen LogP contribution in [0.3, 0.4) is 0 Å². The molecule has 0 saturated carbocycles. The topological polar surface area (TPSA) is 50.3 Å². The summed E-state index contributed by atoms with van der Waals surface area (Å²) in [4.78, 5) is 10.4. The standard InChI is InChI=1S/C18H19FN4O/c1-23(2)13-6-4-12(5-7-13)10-20-18-14-8-17(24-3)15(19)9-16(14)21-11-22-18/h4-9,11H,10H2,1-3H3,(H,20,21,22). The molecular weight excluding hydrogens is 307 g/mol. The molecule has 1 aromatic heterocycles. The fraction of sp³-hybridized carbons (Fsp3) is 0.222. The van der Waals surface area contributed by atoms with E-state index in [-0.39, 0.29) is 5.75 Å². The number of ether oxygens (including phenoxy) is 1. The van der Waals surface area contributed by atoms with Crippen molar-refractivity contribution in [2.24, 2.45) is 0 Å². The zero-order valence-electron chi connectivity index (χ0n) is 13.9. The first-order valence-corrected chi connectivity index (χ1v) is 7.57. The third-order valence-electron chi connectivity index (χ3n) is 3.82. The van der Waals surface area contributed by atoms with E-state index in [0.717, 1.165) is 16.6 Å². The molecule has 0 fully saturated rings. The molecule has 124 valence electrons. The summed E-state index contributed by atoms with van der Waals surface area (Å²) in [6, 6.07) is 11.2. The Morgan fingerprint density at radius 2 is 1.88 bits per heavy atom. The lowest BCUT2D eigenvalue weighted by Gasteiger charge is -2.13. The lowest BCUT2D eigenvalue weighted by Crippen LogP contribution is -2.08. The van der Waals surface area contributed by atoms with E-state index in [9.17, 15) is 4.39 Å². The van der Waals surface area contributed by atoms with Crippen LogP contribution in [0, 0.1) is 5.82 Å². The van der Waals surface area contributed by atoms with Gasteiger partial charge in [-0.05, 0) is 23.8 Å². The van der Waals surface area contributed by atoms with Crippen molar-refractivity contribution in [3.05, 3.63) is 54.1 Å². The number of nitrogens with one attached hydrogen (secondary N) is 1. The van der Waals surface area contributed by atoms with E-state index in [1.807, 2.05) is 14.1 Å². The Bertz CT molecular complexity index is 850. The molecule has 5 nitrogen and oxygen atoms in total. The summed E-state index contributed by atoms with van der Waals surface area (Å²) in [6.07, 6.45) is 1.42. The Labute approximate surface area is 140 Å². The zero-order chi connectivity index (χ0) is 17.1. The van der Waals surface area contributed by atoms with Crippen molar-refractivity contribution in [1.29, 1.82) is 0 Å². The number of benzene rings is 2. The van der Waals surface area contributed by atoms with Gasteiger partial charge in [0.1, 0.15) is 12.1 Å². The van der Waals surface area contributed by atoms with Crippen LogP contribution in [0.2, 0.25) is 0 Å². The Hall–Kier alpha value is -2.89. The highest BCUT2D eigenvalue weighted by Gasteiger charge is 2.10. The van der Waals surface area contributed by atoms with Crippen LogP contribution >= 0.6 is 0 Å². The number of anilines is 2. The summed E-state index contributed by atoms with van der Waals surface area (Å²) < 4.78 is 18.8. The summed E-state index contributed by atoms with van der Waals surface area (Å²) in [6.45, 7) is 0.611. The quantitative estimate of drug-likeness (QED) is 0.778. The molecular formula is C18H19FN4O. The van der Waals surface area contributed by atoms with Gasteiger partial charge in [-0.25, -0.2) is 14.4 Å². The van der Waals surface area contributed by atoms with Gasteiger partial charge in [-0.2, -0.15) is 0 Å². The minimum absolute atomic E-state index is 0.177. The molecule has 0 bridgehead atoms. The molecule has 6 heteroatoms. The molecule has 3 rings (SSSR count). The van der Waals surface area contributed by atoms with E-state index in [0.29, 0.717) is 17.9 Å². The van der Waals surface area contributed by atoms with E-state index in [1.54, 1.807) is 6.07 Å². The molecule has 0 aliphatic carbocycles. The number of hydrogen-bond donors (Lipinski definition) is 1. The van der Waals surface area contributed by atoms with Gasteiger partial charge >= 0.3 is 0 Å². The number of aromatic nitrogens is 2. The fourth-order valence-corrected chi connectivity index (χ4v) is 2.45. The summed E-state index contributed by atoms with van der Waals surface area (Å²) >= 11 is 0. The highest BCUT2D eigenvalue weighted by atomic mass is 19.1. The van der Waals surface area contributed by atoms with E-state index in [1.165, 1.54) is 19.5 Å². The van der Waals surface area contributed by atoms with E-state index < -0.39 is 5.82 Å². The van der Waals surface area contributed by atoms with Crippen molar-refractivity contribution in [3.63, 3.8) is 0 Å². The first-order valence-electron chi connectivity index (χ1n) is 7.57. The average molecular weight is 326 g/mol. The van der Waals surface area contributed by atoms with Gasteiger partial charge in [0.15, 0.2) is 11.6 Å². The molecule has 0 saturated heterocycles. The maximum atomic E-state index is 13.8. The maximum Gasteiger partial charge on any atom is 0.167 e. The second kappa shape index (κ2) is 6.70. The number of methoxy groups -OCH3 is 1. The number of nitrogens with zero attached hydrogens (tertiary/aromatic N) is 3. The number of fused-ring (bicyclic) bond motifs is 1. The lowest BCUT2D eigenvalue weighted by molar-refractivity contribution is 0.387. The highest BCUT2D eigenvalue weighted by molar-refractivity contribution is 5.90. The van der Waals surface area contributed by atoms with Crippen molar-refractivity contribution in [1.82, 2.24) is 9.97 Å². The molecule has 2 aromatic carbocycles. The molecule has 0 amide bonds. The Morgan fingerprint density at radius 3 is 2.54 bits per heavy atom. The molecule has 0 spiro atoms. The molecule has 1 N–H and O–H groups in total. The van der Waals surface area contributed by atoms with Gasteiger partial charge in [-0.1, -0.05) is 12.1 Å². The average Bonchev–Trinajstić information content (AvgIpc) is 2.59. The minimum Gasteiger partial charge on any atom is -0.494 e. The van der Waals surface area contributed by atoms with Crippen LogP contribution in [0.25, 0.3) is 10.9 Å². The van der Waals surface area contributed by atoms with E-state index in [2.05, 4.69) is 44.5 Å². The molecule has 1 heterocycles. The monoisotopic (exact) mass is 326 g/mol. The van der Waals surface area contributed by atoms with E-state index in [4.69, 9.17) is 4.74 Å². The molecule has 0 unspecified atom stereocenters. The summed E-state index contributed by atoms with van der Waals surface area (Å²) in [7, 11) is 5.45. The number of hydrogen-bond acceptors (Lipinski definition) is 5. The van der Waals surface area contributed by atoms with Gasteiger partial charge < -0.3 is 15.0 Å². The Kier molecular flexibility index (Phi) is 4.46. The molecule has 0 atom stereocenters. The number of halogens is 1. The van der Waals surface area contributed by atoms with Gasteiger partial charge in [0.25, 0.3) is 0 Å². The summed E-state index contributed by atoms with van der Waals surface area (Å²) in [5.74, 6) is 0.389. The van der Waals surface area contributed by atoms with Crippen molar-refractivity contribution in [2.75, 3.05) is 31.4 Å². The first-order chi connectivity index (χ1) is 11.6. The summed E-state index contributed by atoms with van der Waals surface area (Å²) in [5, 5.41) is 4.00. The van der Waals surface area contributed by atoms with Crippen LogP contribution in [0.4, 0.5) is 15.9 Å². The highest BCUT2D eigenvalue weighted by Crippen LogP contribution is 2.27.